The average molecular weight is 526 g/mol. The fourth-order valence-corrected chi connectivity index (χ4v) is 5.15. The Morgan fingerprint density at radius 3 is 2.60 bits per heavy atom. The molecule has 0 saturated heterocycles. The molecule has 2 rings (SSSR count). The van der Waals surface area contributed by atoms with Crippen molar-refractivity contribution in [2.45, 2.75) is 57.4 Å². The van der Waals surface area contributed by atoms with Crippen LogP contribution in [0.1, 0.15) is 53.2 Å². The van der Waals surface area contributed by atoms with E-state index < -0.39 is 23.9 Å². The molecule has 0 aliphatic rings. The molecular weight excluding hydrogens is 494 g/mol. The molecule has 192 valence electrons. The van der Waals surface area contributed by atoms with Gasteiger partial charge in [0.15, 0.2) is 0 Å². The first-order valence-electron chi connectivity index (χ1n) is 11.2. The molecule has 0 aliphatic heterocycles. The van der Waals surface area contributed by atoms with E-state index >= 15 is 0 Å². The number of nitrogens with one attached hydrogen (secondary N) is 2. The number of aromatic amines is 1. The van der Waals surface area contributed by atoms with Gasteiger partial charge in [-0.3, -0.25) is 19.4 Å². The largest absolute Gasteiger partial charge is 0.466 e. The monoisotopic (exact) mass is 525 g/mol. The fourth-order valence-electron chi connectivity index (χ4n) is 3.17. The zero-order valence-corrected chi connectivity index (χ0v) is 21.6. The number of esters is 2. The van der Waals surface area contributed by atoms with Crippen LogP contribution in [0.4, 0.5) is 11.8 Å². The van der Waals surface area contributed by atoms with Gasteiger partial charge in [0.1, 0.15) is 16.8 Å². The smallest absolute Gasteiger partial charge is 0.328 e. The number of rotatable bonds is 13. The molecule has 2 heterocycles. The van der Waals surface area contributed by atoms with E-state index in [1.165, 1.54) is 23.1 Å². The van der Waals surface area contributed by atoms with Gasteiger partial charge in [-0.15, -0.1) is 23.1 Å². The van der Waals surface area contributed by atoms with Crippen molar-refractivity contribution in [2.75, 3.05) is 30.4 Å². The van der Waals surface area contributed by atoms with E-state index in [0.29, 0.717) is 21.9 Å². The van der Waals surface area contributed by atoms with E-state index in [2.05, 4.69) is 15.3 Å². The molecule has 1 amide bonds. The number of thiophene rings is 1. The predicted molar refractivity (Wildman–Crippen MR) is 136 cm³/mol. The van der Waals surface area contributed by atoms with Crippen LogP contribution in [0.2, 0.25) is 0 Å². The van der Waals surface area contributed by atoms with Gasteiger partial charge in [0, 0.05) is 11.3 Å². The predicted octanol–water partition coefficient (Wildman–Crippen LogP) is 2.03. The summed E-state index contributed by atoms with van der Waals surface area (Å²) in [7, 11) is 0. The first-order valence-corrected chi connectivity index (χ1v) is 13.0. The van der Waals surface area contributed by atoms with Crippen LogP contribution in [-0.4, -0.2) is 52.8 Å². The highest BCUT2D eigenvalue weighted by Gasteiger charge is 2.25. The number of carbonyl (C=O) groups excluding carboxylic acids is 3. The summed E-state index contributed by atoms with van der Waals surface area (Å²) in [5.41, 5.74) is 11.7. The van der Waals surface area contributed by atoms with Gasteiger partial charge in [-0.2, -0.15) is 4.98 Å². The summed E-state index contributed by atoms with van der Waals surface area (Å²) in [6.07, 6.45) is 1.50. The van der Waals surface area contributed by atoms with Gasteiger partial charge in [0.25, 0.3) is 11.5 Å². The molecule has 0 saturated carbocycles. The maximum absolute atomic E-state index is 12.9. The van der Waals surface area contributed by atoms with Crippen LogP contribution in [0.3, 0.4) is 0 Å². The van der Waals surface area contributed by atoms with Crippen molar-refractivity contribution >= 4 is 52.7 Å². The van der Waals surface area contributed by atoms with Crippen LogP contribution in [-0.2, 0) is 25.5 Å². The Kier molecular flexibility index (Phi) is 11.1. The molecule has 13 heteroatoms. The number of ether oxygens (including phenoxy) is 2. The second-order valence-corrected chi connectivity index (χ2v) is 9.71. The lowest BCUT2D eigenvalue weighted by Gasteiger charge is -2.16. The fraction of sp³-hybridized carbons (Fsp3) is 0.500. The maximum atomic E-state index is 12.9. The minimum Gasteiger partial charge on any atom is -0.466 e. The third-order valence-corrected chi connectivity index (χ3v) is 7.20. The van der Waals surface area contributed by atoms with Crippen molar-refractivity contribution < 1.29 is 23.9 Å². The van der Waals surface area contributed by atoms with Crippen LogP contribution >= 0.6 is 23.1 Å². The number of aromatic nitrogens is 2. The molecule has 0 radical (unpaired) electrons. The molecule has 0 fully saturated rings. The highest BCUT2D eigenvalue weighted by molar-refractivity contribution is 7.99. The quantitative estimate of drug-likeness (QED) is 0.172. The van der Waals surface area contributed by atoms with Crippen LogP contribution in [0, 0.1) is 6.92 Å². The molecule has 0 spiro atoms. The summed E-state index contributed by atoms with van der Waals surface area (Å²) >= 11 is 2.63. The van der Waals surface area contributed by atoms with Gasteiger partial charge in [0.05, 0.1) is 18.1 Å². The van der Waals surface area contributed by atoms with E-state index in [1.807, 2.05) is 13.0 Å². The van der Waals surface area contributed by atoms with Crippen LogP contribution < -0.4 is 22.3 Å². The van der Waals surface area contributed by atoms with E-state index in [9.17, 15) is 19.2 Å². The number of thioether (sulfide) groups is 1. The summed E-state index contributed by atoms with van der Waals surface area (Å²) < 4.78 is 9.94. The standard InChI is InChI=1S/C22H31N5O6S2/c1-4-32-15(28)9-8-14(21(31)33-5-2)25-19(29)16-12(3)11-13(35-16)7-6-10-34-17-18(23)26-22(24)27-20(17)30/h11,14H,4-10H2,1-3H3,(H,25,29)(H5,23,24,26,27,30)/t14-/m0/s1. The summed E-state index contributed by atoms with van der Waals surface area (Å²) in [5.74, 6) is -0.743. The number of anilines is 2. The summed E-state index contributed by atoms with van der Waals surface area (Å²) in [6.45, 7) is 5.59. The number of hydrogen-bond acceptors (Lipinski definition) is 11. The Bertz CT molecular complexity index is 1100. The lowest BCUT2D eigenvalue weighted by atomic mass is 10.1. The molecule has 35 heavy (non-hydrogen) atoms. The van der Waals surface area contributed by atoms with Gasteiger partial charge in [-0.25, -0.2) is 4.79 Å². The van der Waals surface area contributed by atoms with Crippen molar-refractivity contribution in [3.8, 4) is 0 Å². The zero-order chi connectivity index (χ0) is 26.0. The first kappa shape index (κ1) is 28.2. The third kappa shape index (κ3) is 8.58. The van der Waals surface area contributed by atoms with Crippen LogP contribution in [0.15, 0.2) is 15.8 Å². The SMILES string of the molecule is CCOC(=O)CC[C@H](NC(=O)c1sc(CCCSc2c(N)nc(N)[nH]c2=O)cc1C)C(=O)OCC. The van der Waals surface area contributed by atoms with Gasteiger partial charge >= 0.3 is 11.9 Å². The van der Waals surface area contributed by atoms with Crippen molar-refractivity contribution in [3.63, 3.8) is 0 Å². The number of nitrogens with zero attached hydrogens (tertiary/aromatic N) is 1. The second kappa shape index (κ2) is 13.7. The number of H-pyrrole nitrogens is 1. The molecule has 0 aromatic carbocycles. The molecule has 1 atom stereocenters. The number of nitrogen functional groups attached to an aromatic ring is 2. The highest BCUT2D eigenvalue weighted by atomic mass is 32.2. The van der Waals surface area contributed by atoms with Crippen molar-refractivity contribution in [2.24, 2.45) is 0 Å². The first-order chi connectivity index (χ1) is 16.7. The van der Waals surface area contributed by atoms with Crippen molar-refractivity contribution in [3.05, 3.63) is 31.7 Å². The Labute approximate surface area is 211 Å². The topological polar surface area (TPSA) is 179 Å². The Morgan fingerprint density at radius 1 is 1.23 bits per heavy atom. The summed E-state index contributed by atoms with van der Waals surface area (Å²) in [4.78, 5) is 56.9. The number of aryl methyl sites for hydroxylation is 2. The second-order valence-electron chi connectivity index (χ2n) is 7.46. The van der Waals surface area contributed by atoms with Crippen LogP contribution in [0.5, 0.6) is 0 Å². The van der Waals surface area contributed by atoms with E-state index in [4.69, 9.17) is 20.9 Å². The zero-order valence-electron chi connectivity index (χ0n) is 20.0. The van der Waals surface area contributed by atoms with E-state index in [1.54, 1.807) is 13.8 Å². The molecular formula is C22H31N5O6S2. The molecule has 11 nitrogen and oxygen atoms in total. The molecule has 6 N–H and O–H groups in total. The molecule has 0 unspecified atom stereocenters. The number of hydrogen-bond donors (Lipinski definition) is 4. The number of amides is 1. The molecule has 2 aromatic rings. The molecule has 0 aliphatic carbocycles. The maximum Gasteiger partial charge on any atom is 0.328 e. The van der Waals surface area contributed by atoms with Gasteiger partial charge in [0.2, 0.25) is 5.95 Å². The minimum atomic E-state index is -0.953. The Morgan fingerprint density at radius 2 is 1.94 bits per heavy atom. The highest BCUT2D eigenvalue weighted by Crippen LogP contribution is 2.25. The van der Waals surface area contributed by atoms with E-state index in [0.717, 1.165) is 16.9 Å². The van der Waals surface area contributed by atoms with Gasteiger partial charge < -0.3 is 26.3 Å². The summed E-state index contributed by atoms with van der Waals surface area (Å²) in [6, 6.07) is 0.971. The molecule has 0 bridgehead atoms. The molecule has 2 aromatic heterocycles. The van der Waals surface area contributed by atoms with Crippen molar-refractivity contribution in [1.82, 2.24) is 15.3 Å². The Balaban J connectivity index is 1.96. The minimum absolute atomic E-state index is 0.0131. The lowest BCUT2D eigenvalue weighted by Crippen LogP contribution is -2.42. The lowest BCUT2D eigenvalue weighted by molar-refractivity contribution is -0.146. The average Bonchev–Trinajstić information content (AvgIpc) is 3.16. The number of nitrogens with two attached hydrogens (primary N) is 2. The third-order valence-electron chi connectivity index (χ3n) is 4.73. The summed E-state index contributed by atoms with van der Waals surface area (Å²) in [5, 5.41) is 2.69. The van der Waals surface area contributed by atoms with E-state index in [-0.39, 0.29) is 43.4 Å². The van der Waals surface area contributed by atoms with Crippen molar-refractivity contribution in [1.29, 1.82) is 0 Å². The normalized spacial score (nSPS) is 11.6. The Hall–Kier alpha value is -3.06. The number of carbonyl (C=O) groups is 3. The van der Waals surface area contributed by atoms with Gasteiger partial charge in [-0.1, -0.05) is 0 Å². The van der Waals surface area contributed by atoms with Crippen LogP contribution in [0.25, 0.3) is 0 Å². The van der Waals surface area contributed by atoms with Gasteiger partial charge in [-0.05, 0) is 57.4 Å².